The number of thiazole rings is 1. The molecule has 2 aromatic heterocycles. The minimum atomic E-state index is -4.39. The molecule has 190 valence electrons. The largest absolute Gasteiger partial charge is 0.480 e. The van der Waals surface area contributed by atoms with E-state index >= 15 is 0 Å². The zero-order valence-corrected chi connectivity index (χ0v) is 21.1. The average Bonchev–Trinajstić information content (AvgIpc) is 3.40. The highest BCUT2D eigenvalue weighted by Crippen LogP contribution is 2.36. The lowest BCUT2D eigenvalue weighted by molar-refractivity contribution is -0.137. The number of fused-ring (bicyclic) bond motifs is 1. The monoisotopic (exact) mass is 517 g/mol. The van der Waals surface area contributed by atoms with E-state index in [0.717, 1.165) is 44.3 Å². The van der Waals surface area contributed by atoms with Crippen molar-refractivity contribution >= 4 is 34.0 Å². The van der Waals surface area contributed by atoms with Crippen molar-refractivity contribution in [3.63, 3.8) is 0 Å². The Morgan fingerprint density at radius 2 is 1.86 bits per heavy atom. The molecule has 0 saturated heterocycles. The van der Waals surface area contributed by atoms with Crippen LogP contribution in [0.2, 0.25) is 0 Å². The number of likely N-dealkylation sites (N-methyl/N-ethyl adjacent to an activating group) is 1. The van der Waals surface area contributed by atoms with E-state index in [-0.39, 0.29) is 12.5 Å². The molecule has 10 heteroatoms. The van der Waals surface area contributed by atoms with Gasteiger partial charge in [0.2, 0.25) is 0 Å². The van der Waals surface area contributed by atoms with Crippen LogP contribution in [0.15, 0.2) is 40.9 Å². The summed E-state index contributed by atoms with van der Waals surface area (Å²) in [5.74, 6) is -0.738. The Labute approximate surface area is 210 Å². The lowest BCUT2D eigenvalue weighted by atomic mass is 10.0. The van der Waals surface area contributed by atoms with Gasteiger partial charge in [-0.3, -0.25) is 4.79 Å². The Kier molecular flexibility index (Phi) is 7.08. The second-order valence-corrected chi connectivity index (χ2v) is 10.2. The number of aliphatic carboxylic acids is 1. The van der Waals surface area contributed by atoms with Crippen molar-refractivity contribution in [2.24, 2.45) is 0 Å². The molecule has 2 heterocycles. The molecule has 0 bridgehead atoms. The molecule has 6 nitrogen and oxygen atoms in total. The van der Waals surface area contributed by atoms with Crippen molar-refractivity contribution in [1.82, 2.24) is 10.1 Å². The van der Waals surface area contributed by atoms with E-state index < -0.39 is 17.7 Å². The fourth-order valence-corrected chi connectivity index (χ4v) is 5.16. The summed E-state index contributed by atoms with van der Waals surface area (Å²) < 4.78 is 44.6. The van der Waals surface area contributed by atoms with Gasteiger partial charge in [0.25, 0.3) is 0 Å². The van der Waals surface area contributed by atoms with Gasteiger partial charge in [-0.2, -0.15) is 13.2 Å². The molecule has 0 radical (unpaired) electrons. The number of alkyl halides is 3. The highest BCUT2D eigenvalue weighted by Gasteiger charge is 2.30. The van der Waals surface area contributed by atoms with E-state index in [9.17, 15) is 18.0 Å². The standard InChI is InChI=1S/C26H26F3N3O3S/c1-14(2)25-30-24(16-5-7-17(8-6-16)26(27,28)29)22(36-25)10-9-19-18-11-15(3)20(12-21(18)35-31-19)32(4)13-23(33)34/h5-8,11-12,14H,9-10,13H2,1-4H3,(H,33,34). The van der Waals surface area contributed by atoms with Crippen molar-refractivity contribution in [1.29, 1.82) is 0 Å². The van der Waals surface area contributed by atoms with Crippen LogP contribution in [-0.2, 0) is 23.8 Å². The molecule has 0 amide bonds. The number of carboxylic acids is 1. The quantitative estimate of drug-likeness (QED) is 0.280. The van der Waals surface area contributed by atoms with Gasteiger partial charge >= 0.3 is 12.1 Å². The first-order chi connectivity index (χ1) is 16.9. The van der Waals surface area contributed by atoms with Crippen LogP contribution in [0.1, 0.15) is 46.5 Å². The van der Waals surface area contributed by atoms with Gasteiger partial charge in [0, 0.05) is 40.5 Å². The summed E-state index contributed by atoms with van der Waals surface area (Å²) in [6, 6.07) is 8.84. The molecule has 0 fully saturated rings. The smallest absolute Gasteiger partial charge is 0.416 e. The number of aromatic nitrogens is 2. The Bertz CT molecular complexity index is 1390. The maximum atomic E-state index is 13.0. The summed E-state index contributed by atoms with van der Waals surface area (Å²) in [4.78, 5) is 18.4. The molecule has 0 unspecified atom stereocenters. The third-order valence-electron chi connectivity index (χ3n) is 5.93. The SMILES string of the molecule is Cc1cc2c(CCc3sc(C(C)C)nc3-c3ccc(C(F)(F)F)cc3)noc2cc1N(C)CC(=O)O. The van der Waals surface area contributed by atoms with E-state index in [0.29, 0.717) is 29.7 Å². The van der Waals surface area contributed by atoms with Gasteiger partial charge in [0.15, 0.2) is 5.58 Å². The minimum Gasteiger partial charge on any atom is -0.480 e. The molecule has 0 spiro atoms. The van der Waals surface area contributed by atoms with Crippen molar-refractivity contribution in [3.05, 3.63) is 63.1 Å². The van der Waals surface area contributed by atoms with E-state index in [2.05, 4.69) is 5.16 Å². The number of hydrogen-bond acceptors (Lipinski definition) is 6. The molecule has 2 aromatic carbocycles. The average molecular weight is 518 g/mol. The van der Waals surface area contributed by atoms with Gasteiger partial charge in [0.1, 0.15) is 6.54 Å². The molecule has 0 aliphatic heterocycles. The predicted molar refractivity (Wildman–Crippen MR) is 134 cm³/mol. The van der Waals surface area contributed by atoms with Crippen LogP contribution in [0.5, 0.6) is 0 Å². The van der Waals surface area contributed by atoms with Crippen molar-refractivity contribution in [2.45, 2.75) is 45.7 Å². The molecular weight excluding hydrogens is 491 g/mol. The third-order valence-corrected chi connectivity index (χ3v) is 7.34. The number of carboxylic acid groups (broad SMARTS) is 1. The zero-order chi connectivity index (χ0) is 26.2. The predicted octanol–water partition coefficient (Wildman–Crippen LogP) is 6.71. The molecule has 0 atom stereocenters. The third kappa shape index (κ3) is 5.38. The molecule has 4 aromatic rings. The Hall–Kier alpha value is -3.40. The van der Waals surface area contributed by atoms with Gasteiger partial charge in [-0.15, -0.1) is 11.3 Å². The van der Waals surface area contributed by atoms with E-state index in [1.165, 1.54) is 12.1 Å². The van der Waals surface area contributed by atoms with Crippen molar-refractivity contribution in [2.75, 3.05) is 18.5 Å². The Morgan fingerprint density at radius 1 is 1.17 bits per heavy atom. The number of hydrogen-bond donors (Lipinski definition) is 1. The van der Waals surface area contributed by atoms with Crippen LogP contribution in [-0.4, -0.2) is 34.8 Å². The van der Waals surface area contributed by atoms with E-state index in [4.69, 9.17) is 14.6 Å². The first-order valence-corrected chi connectivity index (χ1v) is 12.2. The number of halogens is 3. The maximum Gasteiger partial charge on any atom is 0.416 e. The van der Waals surface area contributed by atoms with Crippen molar-refractivity contribution < 1.29 is 27.6 Å². The number of rotatable bonds is 8. The van der Waals surface area contributed by atoms with Crippen LogP contribution < -0.4 is 4.90 Å². The summed E-state index contributed by atoms with van der Waals surface area (Å²) >= 11 is 1.56. The first kappa shape index (κ1) is 25.7. The van der Waals surface area contributed by atoms with Crippen molar-refractivity contribution in [3.8, 4) is 11.3 Å². The van der Waals surface area contributed by atoms with Crippen LogP contribution in [0, 0.1) is 6.92 Å². The molecule has 1 N–H and O–H groups in total. The minimum absolute atomic E-state index is 0.135. The second kappa shape index (κ2) is 9.93. The molecular formula is C26H26F3N3O3S. The van der Waals surface area contributed by atoms with Gasteiger partial charge in [-0.25, -0.2) is 4.98 Å². The molecule has 0 aliphatic carbocycles. The summed E-state index contributed by atoms with van der Waals surface area (Å²) in [7, 11) is 1.71. The summed E-state index contributed by atoms with van der Waals surface area (Å²) in [6.45, 7) is 5.84. The highest BCUT2D eigenvalue weighted by atomic mass is 32.1. The molecule has 36 heavy (non-hydrogen) atoms. The Balaban J connectivity index is 1.61. The summed E-state index contributed by atoms with van der Waals surface area (Å²) in [5, 5.41) is 15.1. The fourth-order valence-electron chi connectivity index (χ4n) is 4.07. The first-order valence-electron chi connectivity index (χ1n) is 11.4. The normalized spacial score (nSPS) is 12.0. The highest BCUT2D eigenvalue weighted by molar-refractivity contribution is 7.12. The number of nitrogens with zero attached hydrogens (tertiary/aromatic N) is 3. The van der Waals surface area contributed by atoms with E-state index in [1.807, 2.05) is 26.8 Å². The van der Waals surface area contributed by atoms with Crippen LogP contribution in [0.4, 0.5) is 18.9 Å². The zero-order valence-electron chi connectivity index (χ0n) is 20.3. The summed E-state index contributed by atoms with van der Waals surface area (Å²) in [6.07, 6.45) is -3.23. The summed E-state index contributed by atoms with van der Waals surface area (Å²) in [5.41, 5.74) is 3.63. The molecule has 4 rings (SSSR count). The second-order valence-electron chi connectivity index (χ2n) is 9.07. The maximum absolute atomic E-state index is 13.0. The lowest BCUT2D eigenvalue weighted by Gasteiger charge is -2.18. The topological polar surface area (TPSA) is 79.5 Å². The number of benzene rings is 2. The molecule has 0 aliphatic rings. The number of carbonyl (C=O) groups is 1. The Morgan fingerprint density at radius 3 is 2.47 bits per heavy atom. The van der Waals surface area contributed by atoms with Crippen LogP contribution >= 0.6 is 11.3 Å². The number of aryl methyl sites for hydroxylation is 3. The van der Waals surface area contributed by atoms with Gasteiger partial charge in [-0.1, -0.05) is 31.1 Å². The van der Waals surface area contributed by atoms with E-state index in [1.54, 1.807) is 29.4 Å². The van der Waals surface area contributed by atoms with Crippen LogP contribution in [0.3, 0.4) is 0 Å². The van der Waals surface area contributed by atoms with Crippen LogP contribution in [0.25, 0.3) is 22.2 Å². The van der Waals surface area contributed by atoms with Gasteiger partial charge < -0.3 is 14.5 Å². The fraction of sp³-hybridized carbons (Fsp3) is 0.346. The van der Waals surface area contributed by atoms with Gasteiger partial charge in [-0.05, 0) is 43.5 Å². The molecule has 0 saturated carbocycles. The van der Waals surface area contributed by atoms with Gasteiger partial charge in [0.05, 0.1) is 22.0 Å². The lowest BCUT2D eigenvalue weighted by Crippen LogP contribution is -2.25. The number of anilines is 1.